The topological polar surface area (TPSA) is 126 Å². The molecule has 1 spiro atoms. The van der Waals surface area contributed by atoms with Gasteiger partial charge in [-0.1, -0.05) is 74.4 Å². The predicted molar refractivity (Wildman–Crippen MR) is 226 cm³/mol. The van der Waals surface area contributed by atoms with Gasteiger partial charge in [-0.25, -0.2) is 0 Å². The number of carbonyl (C=O) groups excluding carboxylic acids is 4. The average Bonchev–Trinajstić information content (AvgIpc) is 3.65. The number of hydrogen-bond donors (Lipinski definition) is 1. The maximum Gasteiger partial charge on any atom is 0.305 e. The van der Waals surface area contributed by atoms with E-state index in [1.165, 1.54) is 7.11 Å². The number of methoxy groups -OCH3 is 2. The van der Waals surface area contributed by atoms with E-state index in [2.05, 4.69) is 38.2 Å². The Bertz CT molecular complexity index is 2000. The summed E-state index contributed by atoms with van der Waals surface area (Å²) in [5, 5.41) is 11.7. The Balaban J connectivity index is 1.31. The van der Waals surface area contributed by atoms with Crippen molar-refractivity contribution in [3.8, 4) is 5.75 Å². The van der Waals surface area contributed by atoms with E-state index in [0.717, 1.165) is 64.7 Å². The molecule has 1 N–H and O–H groups in total. The van der Waals surface area contributed by atoms with Crippen LogP contribution in [0.2, 0.25) is 18.6 Å². The SMILES string of the molecule is COC(=O)CCCCN1C(=O)[C@]2(O[C@H](CC(=O)N3Cc4ccccc4C[C@H]3CO)[C@@H]([Si](C)(C)c3ccc(OC)cc3)[C@@H]2C)c2cc(N3CCCCCCC3=O)ccc21. The lowest BCUT2D eigenvalue weighted by atomic mass is 9.82. The van der Waals surface area contributed by atoms with Crippen LogP contribution in [0, 0.1) is 5.92 Å². The van der Waals surface area contributed by atoms with Crippen molar-refractivity contribution in [1.82, 2.24) is 4.90 Å². The molecular weight excluding hydrogens is 751 g/mol. The summed E-state index contributed by atoms with van der Waals surface area (Å²) in [6.07, 6.45) is 5.70. The summed E-state index contributed by atoms with van der Waals surface area (Å²) in [7, 11) is 0.445. The molecule has 5 atom stereocenters. The predicted octanol–water partition coefficient (Wildman–Crippen LogP) is 6.23. The fourth-order valence-electron chi connectivity index (χ4n) is 10.3. The number of fused-ring (bicyclic) bond motifs is 3. The average molecular weight is 810 g/mol. The number of benzene rings is 3. The molecule has 0 unspecified atom stereocenters. The highest BCUT2D eigenvalue weighted by molar-refractivity contribution is 6.91. The number of ether oxygens (including phenoxy) is 3. The van der Waals surface area contributed by atoms with Crippen molar-refractivity contribution in [2.45, 2.75) is 114 Å². The summed E-state index contributed by atoms with van der Waals surface area (Å²) < 4.78 is 17.8. The smallest absolute Gasteiger partial charge is 0.305 e. The molecule has 3 amide bonds. The normalized spacial score (nSPS) is 24.7. The van der Waals surface area contributed by atoms with E-state index in [-0.39, 0.29) is 60.6 Å². The number of aliphatic hydroxyl groups is 1. The lowest BCUT2D eigenvalue weighted by molar-refractivity contribution is -0.151. The van der Waals surface area contributed by atoms with Crippen LogP contribution in [-0.4, -0.2) is 87.8 Å². The Morgan fingerprint density at radius 2 is 1.69 bits per heavy atom. The van der Waals surface area contributed by atoms with Gasteiger partial charge in [0.2, 0.25) is 11.8 Å². The summed E-state index contributed by atoms with van der Waals surface area (Å²) in [5.41, 5.74) is 2.81. The number of rotatable bonds is 12. The molecule has 2 fully saturated rings. The van der Waals surface area contributed by atoms with Crippen molar-refractivity contribution >= 4 is 48.3 Å². The molecule has 12 heteroatoms. The van der Waals surface area contributed by atoms with Gasteiger partial charge in [-0.15, -0.1) is 0 Å². The highest BCUT2D eigenvalue weighted by Gasteiger charge is 2.66. The first kappa shape index (κ1) is 41.6. The summed E-state index contributed by atoms with van der Waals surface area (Å²) in [6.45, 7) is 7.92. The lowest BCUT2D eigenvalue weighted by Crippen LogP contribution is -2.52. The first-order chi connectivity index (χ1) is 27.9. The minimum absolute atomic E-state index is 0.0497. The Morgan fingerprint density at radius 1 is 0.948 bits per heavy atom. The minimum atomic E-state index is -2.58. The van der Waals surface area contributed by atoms with Crippen LogP contribution in [0.25, 0.3) is 0 Å². The zero-order valence-electron chi connectivity index (χ0n) is 34.7. The van der Waals surface area contributed by atoms with Crippen molar-refractivity contribution in [2.24, 2.45) is 5.92 Å². The number of unbranched alkanes of at least 4 members (excludes halogenated alkanes) is 1. The number of nitrogens with zero attached hydrogens (tertiary/aromatic N) is 3. The summed E-state index contributed by atoms with van der Waals surface area (Å²) >= 11 is 0. The van der Waals surface area contributed by atoms with Gasteiger partial charge >= 0.3 is 5.97 Å². The van der Waals surface area contributed by atoms with Crippen molar-refractivity contribution in [3.63, 3.8) is 0 Å². The first-order valence-electron chi connectivity index (χ1n) is 21.1. The number of aliphatic hydroxyl groups excluding tert-OH is 1. The molecule has 3 aromatic carbocycles. The van der Waals surface area contributed by atoms with Crippen LogP contribution >= 0.6 is 0 Å². The molecule has 0 aliphatic carbocycles. The van der Waals surface area contributed by atoms with E-state index in [4.69, 9.17) is 14.2 Å². The van der Waals surface area contributed by atoms with Gasteiger partial charge in [0, 0.05) is 49.6 Å². The largest absolute Gasteiger partial charge is 0.497 e. The maximum absolute atomic E-state index is 15.4. The Hall–Kier alpha value is -4.52. The summed E-state index contributed by atoms with van der Waals surface area (Å²) in [6, 6.07) is 21.8. The van der Waals surface area contributed by atoms with Gasteiger partial charge in [0.05, 0.1) is 53.2 Å². The van der Waals surface area contributed by atoms with Crippen LogP contribution in [0.4, 0.5) is 11.4 Å². The summed E-state index contributed by atoms with van der Waals surface area (Å²) in [4.78, 5) is 61.1. The van der Waals surface area contributed by atoms with Crippen LogP contribution in [-0.2, 0) is 47.2 Å². The first-order valence-corrected chi connectivity index (χ1v) is 24.2. The van der Waals surface area contributed by atoms with Crippen LogP contribution in [0.5, 0.6) is 5.75 Å². The van der Waals surface area contributed by atoms with Crippen LogP contribution in [0.1, 0.15) is 81.4 Å². The van der Waals surface area contributed by atoms with Crippen molar-refractivity contribution in [3.05, 3.63) is 83.4 Å². The van der Waals surface area contributed by atoms with Crippen LogP contribution in [0.15, 0.2) is 66.7 Å². The highest BCUT2D eigenvalue weighted by Crippen LogP contribution is 2.60. The van der Waals surface area contributed by atoms with E-state index in [1.807, 2.05) is 53.4 Å². The maximum atomic E-state index is 15.4. The van der Waals surface area contributed by atoms with Crippen LogP contribution < -0.4 is 19.7 Å². The Labute approximate surface area is 343 Å². The van der Waals surface area contributed by atoms with Gasteiger partial charge in [-0.05, 0) is 79.1 Å². The van der Waals surface area contributed by atoms with E-state index >= 15 is 4.79 Å². The van der Waals surface area contributed by atoms with Gasteiger partial charge in [-0.3, -0.25) is 19.2 Å². The molecule has 0 bridgehead atoms. The minimum Gasteiger partial charge on any atom is -0.497 e. The number of amides is 3. The van der Waals surface area contributed by atoms with Gasteiger partial charge in [0.25, 0.3) is 5.91 Å². The van der Waals surface area contributed by atoms with E-state index in [1.54, 1.807) is 16.9 Å². The third kappa shape index (κ3) is 7.70. The number of hydrogen-bond acceptors (Lipinski definition) is 8. The number of esters is 1. The van der Waals surface area contributed by atoms with Crippen LogP contribution in [0.3, 0.4) is 0 Å². The molecule has 2 saturated heterocycles. The Kier molecular flexibility index (Phi) is 12.5. The molecule has 0 saturated carbocycles. The molecule has 310 valence electrons. The third-order valence-electron chi connectivity index (χ3n) is 13.5. The van der Waals surface area contributed by atoms with E-state index in [0.29, 0.717) is 45.3 Å². The molecule has 11 nitrogen and oxygen atoms in total. The zero-order chi connectivity index (χ0) is 41.2. The molecule has 7 rings (SSSR count). The van der Waals surface area contributed by atoms with E-state index in [9.17, 15) is 19.5 Å². The molecule has 4 aliphatic rings. The fourth-order valence-corrected chi connectivity index (χ4v) is 14.3. The zero-order valence-corrected chi connectivity index (χ0v) is 35.7. The molecule has 4 heterocycles. The molecule has 58 heavy (non-hydrogen) atoms. The molecule has 0 radical (unpaired) electrons. The van der Waals surface area contributed by atoms with Gasteiger partial charge in [0.15, 0.2) is 5.60 Å². The summed E-state index contributed by atoms with van der Waals surface area (Å²) in [5.74, 6) is -0.103. The van der Waals surface area contributed by atoms with Gasteiger partial charge < -0.3 is 34.0 Å². The van der Waals surface area contributed by atoms with E-state index < -0.39 is 19.8 Å². The lowest BCUT2D eigenvalue weighted by Gasteiger charge is -2.39. The standard InChI is InChI=1S/C46H59N3O8Si/c1-31-44(58(4,5)37-21-19-36(55-2)20-22-37)40(28-42(52)49-29-33-15-10-9-14-32(33)26-35(49)30-50)57-46(31)38-27-34(47-24-12-7-6-8-16-41(47)51)18-23-39(38)48(45(46)54)25-13-11-17-43(53)56-3/h9-10,14-15,18-23,27,31,35,40,44,50H,6-8,11-13,16-17,24-26,28-30H2,1-5H3/t31-,35-,40+,44-,46+/m0/s1. The van der Waals surface area contributed by atoms with Gasteiger partial charge in [-0.2, -0.15) is 0 Å². The monoisotopic (exact) mass is 809 g/mol. The molecular formula is C46H59N3O8Si. The second-order valence-corrected chi connectivity index (χ2v) is 21.8. The second kappa shape index (κ2) is 17.4. The number of carbonyl (C=O) groups is 4. The van der Waals surface area contributed by atoms with Gasteiger partial charge in [0.1, 0.15) is 5.75 Å². The molecule has 4 aliphatic heterocycles. The molecule has 0 aromatic heterocycles. The Morgan fingerprint density at radius 3 is 2.41 bits per heavy atom. The fraction of sp³-hybridized carbons (Fsp3) is 0.522. The number of anilines is 2. The van der Waals surface area contributed by atoms with Crippen molar-refractivity contribution < 1.29 is 38.5 Å². The highest BCUT2D eigenvalue weighted by atomic mass is 28.3. The van der Waals surface area contributed by atoms with Crippen molar-refractivity contribution in [1.29, 1.82) is 0 Å². The second-order valence-electron chi connectivity index (χ2n) is 17.1. The quantitative estimate of drug-likeness (QED) is 0.130. The molecule has 3 aromatic rings. The van der Waals surface area contributed by atoms with Crippen molar-refractivity contribution in [2.75, 3.05) is 43.7 Å². The third-order valence-corrected chi connectivity index (χ3v) is 17.8.